The van der Waals surface area contributed by atoms with Crippen molar-refractivity contribution in [2.24, 2.45) is 4.99 Å². The van der Waals surface area contributed by atoms with Crippen LogP contribution in [0.25, 0.3) is 0 Å². The zero-order chi connectivity index (χ0) is 23.6. The summed E-state index contributed by atoms with van der Waals surface area (Å²) in [7, 11) is -3.10. The van der Waals surface area contributed by atoms with Crippen LogP contribution in [0, 0.1) is 6.92 Å². The number of benzene rings is 2. The molecular formula is C25H31N3O3S2. The molecular weight excluding hydrogens is 454 g/mol. The van der Waals surface area contributed by atoms with Gasteiger partial charge in [0, 0.05) is 36.1 Å². The van der Waals surface area contributed by atoms with Crippen molar-refractivity contribution < 1.29 is 13.2 Å². The molecule has 0 aliphatic carbocycles. The van der Waals surface area contributed by atoms with Gasteiger partial charge in [-0.2, -0.15) is 4.99 Å². The number of nitrogens with zero attached hydrogens (tertiary/aromatic N) is 3. The maximum Gasteiger partial charge on any atom is 0.248 e. The van der Waals surface area contributed by atoms with E-state index >= 15 is 0 Å². The van der Waals surface area contributed by atoms with Crippen LogP contribution in [-0.2, 0) is 21.1 Å². The minimum Gasteiger partial charge on any atom is -0.372 e. The van der Waals surface area contributed by atoms with Crippen LogP contribution in [0.2, 0.25) is 0 Å². The van der Waals surface area contributed by atoms with Gasteiger partial charge >= 0.3 is 0 Å². The fraction of sp³-hybridized carbons (Fsp3) is 0.440. The Morgan fingerprint density at radius 1 is 1.12 bits per heavy atom. The second-order valence-electron chi connectivity index (χ2n) is 8.59. The number of hydrogen-bond donors (Lipinski definition) is 0. The lowest BCUT2D eigenvalue weighted by molar-refractivity contribution is -0.117. The molecule has 2 aliphatic heterocycles. The largest absolute Gasteiger partial charge is 0.372 e. The Morgan fingerprint density at radius 3 is 2.52 bits per heavy atom. The van der Waals surface area contributed by atoms with E-state index in [9.17, 15) is 13.2 Å². The molecule has 8 heteroatoms. The summed E-state index contributed by atoms with van der Waals surface area (Å²) in [4.78, 5) is 21.5. The van der Waals surface area contributed by atoms with Crippen LogP contribution in [0.3, 0.4) is 0 Å². The number of aliphatic imine (C=N–C) groups is 1. The molecule has 2 fully saturated rings. The highest BCUT2D eigenvalue weighted by atomic mass is 32.2. The van der Waals surface area contributed by atoms with Crippen molar-refractivity contribution in [1.82, 2.24) is 0 Å². The minimum absolute atomic E-state index is 0.0964. The lowest BCUT2D eigenvalue weighted by Gasteiger charge is -2.28. The SMILES string of the molecule is CCN(CC)c1ccc(N2C(=NC(=O)CCc3ccccc3)S[C@@H]3CS(=O)(=O)C[C@@H]32)c(C)c1. The monoisotopic (exact) mass is 485 g/mol. The van der Waals surface area contributed by atoms with Crippen LogP contribution >= 0.6 is 11.8 Å². The van der Waals surface area contributed by atoms with Crippen molar-refractivity contribution in [2.45, 2.75) is 44.9 Å². The van der Waals surface area contributed by atoms with Gasteiger partial charge in [0.1, 0.15) is 0 Å². The maximum absolute atomic E-state index is 12.7. The van der Waals surface area contributed by atoms with Gasteiger partial charge in [-0.3, -0.25) is 4.79 Å². The summed E-state index contributed by atoms with van der Waals surface area (Å²) in [6.45, 7) is 8.13. The van der Waals surface area contributed by atoms with E-state index in [2.05, 4.69) is 35.9 Å². The van der Waals surface area contributed by atoms with Gasteiger partial charge in [-0.25, -0.2) is 8.42 Å². The van der Waals surface area contributed by atoms with Crippen molar-refractivity contribution in [2.75, 3.05) is 34.4 Å². The topological polar surface area (TPSA) is 70.0 Å². The molecule has 33 heavy (non-hydrogen) atoms. The Bertz CT molecular complexity index is 1140. The number of rotatable bonds is 7. The number of carbonyl (C=O) groups excluding carboxylic acids is 1. The van der Waals surface area contributed by atoms with Crippen molar-refractivity contribution in [3.63, 3.8) is 0 Å². The van der Waals surface area contributed by atoms with E-state index < -0.39 is 9.84 Å². The zero-order valence-electron chi connectivity index (χ0n) is 19.4. The molecule has 0 bridgehead atoms. The summed E-state index contributed by atoms with van der Waals surface area (Å²) in [5.74, 6) is 0.0535. The second kappa shape index (κ2) is 9.89. The standard InChI is InChI=1S/C25H31N3O3S2/c1-4-27(5-2)20-12-13-21(18(3)15-20)28-22-16-33(30,31)17-23(22)32-25(28)26-24(29)14-11-19-9-7-6-8-10-19/h6-10,12-13,15,22-23H,4-5,11,14,16-17H2,1-3H3/t22-,23+/m0/s1. The Morgan fingerprint density at radius 2 is 1.85 bits per heavy atom. The Kier molecular flexibility index (Phi) is 7.14. The number of sulfone groups is 1. The fourth-order valence-electron chi connectivity index (χ4n) is 4.60. The third-order valence-corrected chi connectivity index (χ3v) is 9.54. The van der Waals surface area contributed by atoms with Crippen molar-refractivity contribution in [3.05, 3.63) is 59.7 Å². The quantitative estimate of drug-likeness (QED) is 0.589. The summed E-state index contributed by atoms with van der Waals surface area (Å²) < 4.78 is 24.7. The molecule has 2 saturated heterocycles. The molecule has 6 nitrogen and oxygen atoms in total. The van der Waals surface area contributed by atoms with Crippen molar-refractivity contribution in [3.8, 4) is 0 Å². The minimum atomic E-state index is -3.10. The predicted molar refractivity (Wildman–Crippen MR) is 138 cm³/mol. The Labute approximate surface area is 201 Å². The van der Waals surface area contributed by atoms with E-state index in [0.29, 0.717) is 18.0 Å². The van der Waals surface area contributed by atoms with Gasteiger partial charge in [0.15, 0.2) is 15.0 Å². The highest BCUT2D eigenvalue weighted by Crippen LogP contribution is 2.42. The summed E-state index contributed by atoms with van der Waals surface area (Å²) in [5.41, 5.74) is 4.22. The Hall–Kier alpha value is -2.32. The number of aryl methyl sites for hydroxylation is 2. The molecule has 0 N–H and O–H groups in total. The molecule has 2 atom stereocenters. The summed E-state index contributed by atoms with van der Waals surface area (Å²) >= 11 is 1.43. The molecule has 2 aliphatic rings. The van der Waals surface area contributed by atoms with Gasteiger partial charge in [0.2, 0.25) is 5.91 Å². The van der Waals surface area contributed by atoms with Gasteiger partial charge < -0.3 is 9.80 Å². The molecule has 2 aromatic carbocycles. The van der Waals surface area contributed by atoms with E-state index in [1.165, 1.54) is 11.8 Å². The number of fused-ring (bicyclic) bond motifs is 1. The molecule has 0 saturated carbocycles. The summed E-state index contributed by atoms with van der Waals surface area (Å²) in [6, 6.07) is 16.0. The van der Waals surface area contributed by atoms with E-state index in [4.69, 9.17) is 0 Å². The average molecular weight is 486 g/mol. The van der Waals surface area contributed by atoms with E-state index in [1.54, 1.807) is 0 Å². The summed E-state index contributed by atoms with van der Waals surface area (Å²) in [5, 5.41) is 0.522. The maximum atomic E-state index is 12.7. The highest BCUT2D eigenvalue weighted by Gasteiger charge is 2.49. The lowest BCUT2D eigenvalue weighted by atomic mass is 10.1. The van der Waals surface area contributed by atoms with Gasteiger partial charge in [0.25, 0.3) is 0 Å². The van der Waals surface area contributed by atoms with Crippen LogP contribution in [0.15, 0.2) is 53.5 Å². The normalized spacial score (nSPS) is 22.5. The molecule has 0 radical (unpaired) electrons. The first-order valence-electron chi connectivity index (χ1n) is 11.5. The van der Waals surface area contributed by atoms with Crippen LogP contribution < -0.4 is 9.80 Å². The van der Waals surface area contributed by atoms with Gasteiger partial charge in [-0.1, -0.05) is 42.1 Å². The molecule has 0 spiro atoms. The predicted octanol–water partition coefficient (Wildman–Crippen LogP) is 4.08. The van der Waals surface area contributed by atoms with Gasteiger partial charge in [-0.05, 0) is 56.5 Å². The molecule has 176 valence electrons. The molecule has 2 aromatic rings. The van der Waals surface area contributed by atoms with Crippen LogP contribution in [0.1, 0.15) is 31.4 Å². The lowest BCUT2D eigenvalue weighted by Crippen LogP contribution is -2.38. The molecule has 1 amide bonds. The number of amides is 1. The van der Waals surface area contributed by atoms with Crippen molar-refractivity contribution in [1.29, 1.82) is 0 Å². The molecule has 4 rings (SSSR count). The number of carbonyl (C=O) groups is 1. The van der Waals surface area contributed by atoms with E-state index in [-0.39, 0.29) is 28.7 Å². The van der Waals surface area contributed by atoms with Crippen LogP contribution in [0.4, 0.5) is 11.4 Å². The summed E-state index contributed by atoms with van der Waals surface area (Å²) in [6.07, 6.45) is 0.968. The van der Waals surface area contributed by atoms with Gasteiger partial charge in [0.05, 0.1) is 17.5 Å². The number of anilines is 2. The fourth-order valence-corrected chi connectivity index (χ4v) is 8.52. The average Bonchev–Trinajstić information content (AvgIpc) is 3.25. The third-order valence-electron chi connectivity index (χ3n) is 6.33. The van der Waals surface area contributed by atoms with Crippen molar-refractivity contribution >= 4 is 44.0 Å². The van der Waals surface area contributed by atoms with Gasteiger partial charge in [-0.15, -0.1) is 0 Å². The molecule has 0 aromatic heterocycles. The van der Waals surface area contributed by atoms with E-state index in [0.717, 1.165) is 35.6 Å². The molecule has 0 unspecified atom stereocenters. The second-order valence-corrected chi connectivity index (χ2v) is 11.9. The van der Waals surface area contributed by atoms with Crippen LogP contribution in [-0.4, -0.2) is 55.4 Å². The number of amidine groups is 1. The number of thioether (sulfide) groups is 1. The first-order valence-corrected chi connectivity index (χ1v) is 14.2. The molecule has 2 heterocycles. The zero-order valence-corrected chi connectivity index (χ0v) is 21.0. The van der Waals surface area contributed by atoms with Crippen LogP contribution in [0.5, 0.6) is 0 Å². The smallest absolute Gasteiger partial charge is 0.248 e. The first-order chi connectivity index (χ1) is 15.8. The Balaban J connectivity index is 1.62. The highest BCUT2D eigenvalue weighted by molar-refractivity contribution is 8.16. The number of hydrogen-bond acceptors (Lipinski definition) is 5. The third kappa shape index (κ3) is 5.27. The first kappa shape index (κ1) is 23.8. The van der Waals surface area contributed by atoms with E-state index in [1.807, 2.05) is 48.2 Å².